The van der Waals surface area contributed by atoms with Gasteiger partial charge in [-0.15, -0.1) is 0 Å². The standard InChI is InChI=1S/C22H22N2O3/c25-21(23-14-16-5-6-17-3-1-2-4-19(17)13-16)18-7-10-24(11-8-18)22(26)20-9-12-27-15-20/h1-6,9,12-13,15,18H,7-8,10-11,14H2,(H,23,25). The van der Waals surface area contributed by atoms with Crippen molar-refractivity contribution in [1.82, 2.24) is 10.2 Å². The van der Waals surface area contributed by atoms with Crippen molar-refractivity contribution in [3.8, 4) is 0 Å². The number of likely N-dealkylation sites (tertiary alicyclic amines) is 1. The van der Waals surface area contributed by atoms with E-state index in [0.29, 0.717) is 38.0 Å². The summed E-state index contributed by atoms with van der Waals surface area (Å²) in [6, 6.07) is 16.1. The fraction of sp³-hybridized carbons (Fsp3) is 0.273. The number of fused-ring (bicyclic) bond motifs is 1. The molecule has 0 unspecified atom stereocenters. The van der Waals surface area contributed by atoms with Crippen LogP contribution in [0.4, 0.5) is 0 Å². The highest BCUT2D eigenvalue weighted by Gasteiger charge is 2.28. The van der Waals surface area contributed by atoms with Crippen molar-refractivity contribution in [2.24, 2.45) is 5.92 Å². The van der Waals surface area contributed by atoms with Crippen LogP contribution >= 0.6 is 0 Å². The summed E-state index contributed by atoms with van der Waals surface area (Å²) in [6.45, 7) is 1.72. The normalized spacial score (nSPS) is 15.0. The van der Waals surface area contributed by atoms with Crippen molar-refractivity contribution in [3.63, 3.8) is 0 Å². The first-order valence-corrected chi connectivity index (χ1v) is 9.27. The van der Waals surface area contributed by atoms with Gasteiger partial charge in [-0.2, -0.15) is 0 Å². The van der Waals surface area contributed by atoms with Gasteiger partial charge in [0, 0.05) is 25.6 Å². The van der Waals surface area contributed by atoms with Crippen molar-refractivity contribution in [3.05, 3.63) is 72.2 Å². The molecule has 0 aliphatic carbocycles. The molecule has 0 spiro atoms. The molecule has 138 valence electrons. The molecular formula is C22H22N2O3. The molecule has 1 fully saturated rings. The topological polar surface area (TPSA) is 62.6 Å². The van der Waals surface area contributed by atoms with Crippen molar-refractivity contribution < 1.29 is 14.0 Å². The quantitative estimate of drug-likeness (QED) is 0.771. The molecule has 1 aromatic heterocycles. The van der Waals surface area contributed by atoms with E-state index in [1.165, 1.54) is 23.3 Å². The highest BCUT2D eigenvalue weighted by molar-refractivity contribution is 5.94. The molecule has 2 heterocycles. The Morgan fingerprint density at radius 3 is 2.56 bits per heavy atom. The summed E-state index contributed by atoms with van der Waals surface area (Å²) in [4.78, 5) is 26.6. The minimum Gasteiger partial charge on any atom is -0.472 e. The number of nitrogens with one attached hydrogen (secondary N) is 1. The van der Waals surface area contributed by atoms with Gasteiger partial charge in [0.1, 0.15) is 6.26 Å². The van der Waals surface area contributed by atoms with Gasteiger partial charge in [-0.1, -0.05) is 36.4 Å². The minimum absolute atomic E-state index is 0.0289. The number of benzene rings is 2. The fourth-order valence-corrected chi connectivity index (χ4v) is 3.60. The lowest BCUT2D eigenvalue weighted by atomic mass is 9.95. The maximum atomic E-state index is 12.5. The number of piperidine rings is 1. The summed E-state index contributed by atoms with van der Waals surface area (Å²) in [5, 5.41) is 5.42. The number of nitrogens with zero attached hydrogens (tertiary/aromatic N) is 1. The molecule has 1 aliphatic rings. The van der Waals surface area contributed by atoms with E-state index < -0.39 is 0 Å². The van der Waals surface area contributed by atoms with E-state index in [9.17, 15) is 9.59 Å². The molecule has 1 saturated heterocycles. The zero-order chi connectivity index (χ0) is 18.6. The Labute approximate surface area is 158 Å². The molecule has 5 nitrogen and oxygen atoms in total. The summed E-state index contributed by atoms with van der Waals surface area (Å²) in [5.41, 5.74) is 1.66. The summed E-state index contributed by atoms with van der Waals surface area (Å²) in [7, 11) is 0. The predicted octanol–water partition coefficient (Wildman–Crippen LogP) is 3.60. The van der Waals surface area contributed by atoms with Gasteiger partial charge in [0.15, 0.2) is 0 Å². The van der Waals surface area contributed by atoms with Crippen LogP contribution in [0.5, 0.6) is 0 Å². The number of carbonyl (C=O) groups excluding carboxylic acids is 2. The van der Waals surface area contributed by atoms with E-state index in [0.717, 1.165) is 5.56 Å². The number of rotatable bonds is 4. The second kappa shape index (κ2) is 7.66. The van der Waals surface area contributed by atoms with Crippen LogP contribution < -0.4 is 5.32 Å². The second-order valence-corrected chi connectivity index (χ2v) is 6.98. The Kier molecular flexibility index (Phi) is 4.92. The highest BCUT2D eigenvalue weighted by Crippen LogP contribution is 2.20. The Bertz CT molecular complexity index is 941. The van der Waals surface area contributed by atoms with Gasteiger partial charge in [-0.05, 0) is 41.3 Å². The van der Waals surface area contributed by atoms with Crippen LogP contribution in [0.1, 0.15) is 28.8 Å². The van der Waals surface area contributed by atoms with Gasteiger partial charge < -0.3 is 14.6 Å². The van der Waals surface area contributed by atoms with Gasteiger partial charge in [-0.3, -0.25) is 9.59 Å². The smallest absolute Gasteiger partial charge is 0.257 e. The van der Waals surface area contributed by atoms with Crippen LogP contribution in [0.2, 0.25) is 0 Å². The van der Waals surface area contributed by atoms with Crippen molar-refractivity contribution in [2.75, 3.05) is 13.1 Å². The van der Waals surface area contributed by atoms with E-state index in [-0.39, 0.29) is 17.7 Å². The van der Waals surface area contributed by atoms with Gasteiger partial charge in [0.05, 0.1) is 11.8 Å². The molecule has 0 saturated carbocycles. The molecule has 2 amide bonds. The maximum Gasteiger partial charge on any atom is 0.257 e. The molecule has 1 aliphatic heterocycles. The van der Waals surface area contributed by atoms with Gasteiger partial charge in [-0.25, -0.2) is 0 Å². The Morgan fingerprint density at radius 2 is 1.81 bits per heavy atom. The summed E-state index contributed by atoms with van der Waals surface area (Å²) in [6.07, 6.45) is 4.34. The van der Waals surface area contributed by atoms with E-state index >= 15 is 0 Å². The number of carbonyl (C=O) groups is 2. The lowest BCUT2D eigenvalue weighted by molar-refractivity contribution is -0.126. The van der Waals surface area contributed by atoms with Crippen LogP contribution in [-0.4, -0.2) is 29.8 Å². The first kappa shape index (κ1) is 17.3. The van der Waals surface area contributed by atoms with Crippen LogP contribution in [-0.2, 0) is 11.3 Å². The van der Waals surface area contributed by atoms with E-state index in [4.69, 9.17) is 4.42 Å². The lowest BCUT2D eigenvalue weighted by Gasteiger charge is -2.31. The van der Waals surface area contributed by atoms with Gasteiger partial charge >= 0.3 is 0 Å². The van der Waals surface area contributed by atoms with Gasteiger partial charge in [0.2, 0.25) is 5.91 Å². The number of furan rings is 1. The van der Waals surface area contributed by atoms with Crippen molar-refractivity contribution in [2.45, 2.75) is 19.4 Å². The third-order valence-corrected chi connectivity index (χ3v) is 5.20. The van der Waals surface area contributed by atoms with E-state index in [1.807, 2.05) is 12.1 Å². The van der Waals surface area contributed by atoms with Crippen LogP contribution in [0.15, 0.2) is 65.5 Å². The zero-order valence-electron chi connectivity index (χ0n) is 15.1. The molecular weight excluding hydrogens is 340 g/mol. The predicted molar refractivity (Wildman–Crippen MR) is 103 cm³/mol. The van der Waals surface area contributed by atoms with Crippen LogP contribution in [0.3, 0.4) is 0 Å². The lowest BCUT2D eigenvalue weighted by Crippen LogP contribution is -2.42. The molecule has 0 radical (unpaired) electrons. The zero-order valence-corrected chi connectivity index (χ0v) is 15.1. The fourth-order valence-electron chi connectivity index (χ4n) is 3.60. The molecule has 2 aromatic carbocycles. The molecule has 3 aromatic rings. The van der Waals surface area contributed by atoms with Crippen LogP contribution in [0, 0.1) is 5.92 Å². The average Bonchev–Trinajstić information content (AvgIpc) is 3.26. The Hall–Kier alpha value is -3.08. The molecule has 5 heteroatoms. The van der Waals surface area contributed by atoms with Crippen molar-refractivity contribution in [1.29, 1.82) is 0 Å². The minimum atomic E-state index is -0.0427. The third-order valence-electron chi connectivity index (χ3n) is 5.20. The first-order chi connectivity index (χ1) is 13.2. The van der Waals surface area contributed by atoms with Crippen LogP contribution in [0.25, 0.3) is 10.8 Å². The summed E-state index contributed by atoms with van der Waals surface area (Å²) in [5.74, 6) is -0.00352. The maximum absolute atomic E-state index is 12.5. The van der Waals surface area contributed by atoms with Crippen molar-refractivity contribution >= 4 is 22.6 Å². The summed E-state index contributed by atoms with van der Waals surface area (Å²) >= 11 is 0. The number of hydrogen-bond donors (Lipinski definition) is 1. The van der Waals surface area contributed by atoms with E-state index in [2.05, 4.69) is 35.6 Å². The average molecular weight is 362 g/mol. The molecule has 4 rings (SSSR count). The molecule has 1 N–H and O–H groups in total. The molecule has 0 atom stereocenters. The Morgan fingerprint density at radius 1 is 1.04 bits per heavy atom. The van der Waals surface area contributed by atoms with Gasteiger partial charge in [0.25, 0.3) is 5.91 Å². The highest BCUT2D eigenvalue weighted by atomic mass is 16.3. The Balaban J connectivity index is 1.29. The number of hydrogen-bond acceptors (Lipinski definition) is 3. The number of amides is 2. The molecule has 0 bridgehead atoms. The largest absolute Gasteiger partial charge is 0.472 e. The monoisotopic (exact) mass is 362 g/mol. The first-order valence-electron chi connectivity index (χ1n) is 9.27. The molecule has 27 heavy (non-hydrogen) atoms. The summed E-state index contributed by atoms with van der Waals surface area (Å²) < 4.78 is 4.97. The third kappa shape index (κ3) is 3.87. The van der Waals surface area contributed by atoms with E-state index in [1.54, 1.807) is 11.0 Å². The second-order valence-electron chi connectivity index (χ2n) is 6.98. The SMILES string of the molecule is O=C(NCc1ccc2ccccc2c1)C1CCN(C(=O)c2ccoc2)CC1.